The lowest BCUT2D eigenvalue weighted by Gasteiger charge is -2.36. The van der Waals surface area contributed by atoms with Crippen molar-refractivity contribution in [2.45, 2.75) is 128 Å². The molecule has 0 saturated heterocycles. The highest BCUT2D eigenvalue weighted by Crippen LogP contribution is 2.48. The molecule has 2 saturated carbocycles. The molecule has 8 N–H and O–H groups in total. The van der Waals surface area contributed by atoms with Crippen molar-refractivity contribution in [1.82, 2.24) is 24.8 Å². The van der Waals surface area contributed by atoms with Crippen molar-refractivity contribution in [2.24, 2.45) is 29.0 Å². The van der Waals surface area contributed by atoms with E-state index in [0.717, 1.165) is 78.7 Å². The number of hydrogen-bond acceptors (Lipinski definition) is 7. The third kappa shape index (κ3) is 8.11. The van der Waals surface area contributed by atoms with Gasteiger partial charge in [0.05, 0.1) is 39.4 Å². The zero-order valence-corrected chi connectivity index (χ0v) is 36.6. The molecule has 314 valence electrons. The van der Waals surface area contributed by atoms with Crippen LogP contribution in [0.15, 0.2) is 66.7 Å². The fourth-order valence-corrected chi connectivity index (χ4v) is 10.7. The SMILES string of the molecule is CC(C)[C@H](N)CC(CCCN)c1nc2ccc3cc(-c4ccc(-c5cc6ccc7nc(CN(C(=O)[C@@H](N)C(C)C)C8CCCCC8)[nH]c7c6s5)c(C5CC5)c4)ccc3c2[nH]1. The number of nitrogens with two attached hydrogens (primary N) is 3. The van der Waals surface area contributed by atoms with Gasteiger partial charge in [0.2, 0.25) is 5.91 Å². The van der Waals surface area contributed by atoms with Crippen LogP contribution < -0.4 is 17.2 Å². The van der Waals surface area contributed by atoms with Crippen LogP contribution >= 0.6 is 11.3 Å². The third-order valence-electron chi connectivity index (χ3n) is 13.5. The molecular formula is C50H62N8OS. The standard InChI is InChI=1S/C50H62N8OS/c1-28(2)40(52)25-35(9-8-22-51)49-55-41-20-16-33-23-31(14-18-37(33)46(41)57-49)32-15-19-38(39(24-32)30-12-13-30)43-26-34-17-21-42-47(48(34)60-43)56-44(54-42)27-58(36-10-6-5-7-11-36)50(59)45(53)29(3)4/h14-21,23-24,26,28-30,35-36,40,45H,5-13,22,25,27,51-53H2,1-4H3,(H,54,56)(H,55,57)/t35?,40-,45+/m1/s1. The summed E-state index contributed by atoms with van der Waals surface area (Å²) in [6, 6.07) is 24.8. The van der Waals surface area contributed by atoms with Crippen LogP contribution in [0.5, 0.6) is 0 Å². The number of benzene rings is 4. The fraction of sp³-hybridized carbons (Fsp3) is 0.460. The van der Waals surface area contributed by atoms with Crippen LogP contribution in [-0.4, -0.2) is 55.4 Å². The van der Waals surface area contributed by atoms with E-state index < -0.39 is 6.04 Å². The predicted octanol–water partition coefficient (Wildman–Crippen LogP) is 10.9. The van der Waals surface area contributed by atoms with E-state index in [2.05, 4.69) is 90.5 Å². The number of aromatic nitrogens is 4. The number of aromatic amines is 2. The van der Waals surface area contributed by atoms with E-state index in [9.17, 15) is 4.79 Å². The second-order valence-electron chi connectivity index (χ2n) is 18.6. The number of thiophene rings is 1. The number of imidazole rings is 2. The van der Waals surface area contributed by atoms with Crippen LogP contribution in [0.1, 0.15) is 121 Å². The molecule has 2 aliphatic rings. The van der Waals surface area contributed by atoms with Crippen molar-refractivity contribution in [3.63, 3.8) is 0 Å². The lowest BCUT2D eigenvalue weighted by atomic mass is 9.90. The average molecular weight is 823 g/mol. The highest BCUT2D eigenvalue weighted by Gasteiger charge is 2.32. The van der Waals surface area contributed by atoms with E-state index in [1.807, 2.05) is 30.1 Å². The van der Waals surface area contributed by atoms with E-state index in [-0.39, 0.29) is 29.8 Å². The van der Waals surface area contributed by atoms with E-state index >= 15 is 0 Å². The first kappa shape index (κ1) is 40.8. The Bertz CT molecular complexity index is 2640. The van der Waals surface area contributed by atoms with Crippen molar-refractivity contribution in [2.75, 3.05) is 6.54 Å². The van der Waals surface area contributed by atoms with Gasteiger partial charge in [-0.3, -0.25) is 4.79 Å². The van der Waals surface area contributed by atoms with Gasteiger partial charge in [-0.2, -0.15) is 0 Å². The number of hydrogen-bond donors (Lipinski definition) is 5. The Kier molecular flexibility index (Phi) is 11.6. The molecule has 60 heavy (non-hydrogen) atoms. The summed E-state index contributed by atoms with van der Waals surface area (Å²) >= 11 is 1.84. The van der Waals surface area contributed by atoms with Gasteiger partial charge in [0.1, 0.15) is 11.6 Å². The largest absolute Gasteiger partial charge is 0.341 e. The summed E-state index contributed by atoms with van der Waals surface area (Å²) in [5.74, 6) is 3.21. The first-order valence-electron chi connectivity index (χ1n) is 22.6. The maximum atomic E-state index is 13.7. The zero-order chi connectivity index (χ0) is 41.7. The maximum Gasteiger partial charge on any atom is 0.240 e. The summed E-state index contributed by atoms with van der Waals surface area (Å²) in [5.41, 5.74) is 28.2. The van der Waals surface area contributed by atoms with Crippen LogP contribution in [0.3, 0.4) is 0 Å². The van der Waals surface area contributed by atoms with Crippen molar-refractivity contribution in [3.8, 4) is 21.6 Å². The first-order chi connectivity index (χ1) is 29.1. The molecule has 7 aromatic rings. The Hall–Kier alpha value is -4.61. The van der Waals surface area contributed by atoms with Crippen LogP contribution in [0.25, 0.3) is 64.5 Å². The maximum absolute atomic E-state index is 13.7. The molecule has 0 spiro atoms. The molecule has 10 heteroatoms. The minimum atomic E-state index is -0.511. The van der Waals surface area contributed by atoms with Crippen molar-refractivity contribution < 1.29 is 4.79 Å². The van der Waals surface area contributed by atoms with Crippen molar-refractivity contribution in [3.05, 3.63) is 83.9 Å². The fourth-order valence-electron chi connectivity index (χ4n) is 9.48. The lowest BCUT2D eigenvalue weighted by Crippen LogP contribution is -2.50. The second-order valence-corrected chi connectivity index (χ2v) is 19.6. The van der Waals surface area contributed by atoms with Crippen molar-refractivity contribution in [1.29, 1.82) is 0 Å². The molecule has 9 rings (SSSR count). The number of nitrogens with one attached hydrogen (secondary N) is 2. The average Bonchev–Trinajstić information content (AvgIpc) is 3.64. The molecule has 0 aliphatic heterocycles. The Morgan fingerprint density at radius 2 is 1.55 bits per heavy atom. The summed E-state index contributed by atoms with van der Waals surface area (Å²) < 4.78 is 1.21. The normalized spacial score (nSPS) is 16.8. The Morgan fingerprint density at radius 1 is 0.817 bits per heavy atom. The second kappa shape index (κ2) is 17.0. The molecular weight excluding hydrogens is 761 g/mol. The molecule has 3 aromatic heterocycles. The summed E-state index contributed by atoms with van der Waals surface area (Å²) in [4.78, 5) is 34.6. The molecule has 0 bridgehead atoms. The van der Waals surface area contributed by atoms with Gasteiger partial charge in [-0.15, -0.1) is 11.3 Å². The first-order valence-corrected chi connectivity index (χ1v) is 23.4. The number of fused-ring (bicyclic) bond motifs is 6. The van der Waals surface area contributed by atoms with Crippen LogP contribution in [-0.2, 0) is 11.3 Å². The Balaban J connectivity index is 1.01. The van der Waals surface area contributed by atoms with Crippen LogP contribution in [0.2, 0.25) is 0 Å². The van der Waals surface area contributed by atoms with Gasteiger partial charge in [-0.1, -0.05) is 89.4 Å². The van der Waals surface area contributed by atoms with E-state index in [1.165, 1.54) is 67.3 Å². The highest BCUT2D eigenvalue weighted by molar-refractivity contribution is 7.23. The van der Waals surface area contributed by atoms with Crippen LogP contribution in [0.4, 0.5) is 0 Å². The Labute approximate surface area is 357 Å². The highest BCUT2D eigenvalue weighted by atomic mass is 32.1. The molecule has 3 atom stereocenters. The Morgan fingerprint density at radius 3 is 2.28 bits per heavy atom. The summed E-state index contributed by atoms with van der Waals surface area (Å²) in [6.07, 6.45) is 10.9. The number of carbonyl (C=O) groups excluding carboxylic acids is 1. The topological polar surface area (TPSA) is 156 Å². The van der Waals surface area contributed by atoms with Gasteiger partial charge in [-0.25, -0.2) is 9.97 Å². The third-order valence-corrected chi connectivity index (χ3v) is 14.7. The molecule has 1 unspecified atom stereocenters. The van der Waals surface area contributed by atoms with Crippen LogP contribution in [0, 0.1) is 11.8 Å². The van der Waals surface area contributed by atoms with Gasteiger partial charge >= 0.3 is 0 Å². The van der Waals surface area contributed by atoms with Gasteiger partial charge in [0.25, 0.3) is 0 Å². The van der Waals surface area contributed by atoms with Crippen molar-refractivity contribution >= 4 is 60.2 Å². The van der Waals surface area contributed by atoms with Gasteiger partial charge < -0.3 is 32.1 Å². The summed E-state index contributed by atoms with van der Waals surface area (Å²) in [5, 5.41) is 3.60. The number of nitrogens with zero attached hydrogens (tertiary/aromatic N) is 3. The monoisotopic (exact) mass is 822 g/mol. The molecule has 9 nitrogen and oxygen atoms in total. The van der Waals surface area contributed by atoms with Gasteiger partial charge in [0, 0.05) is 28.3 Å². The van der Waals surface area contributed by atoms with E-state index in [1.54, 1.807) is 0 Å². The van der Waals surface area contributed by atoms with Gasteiger partial charge in [0.15, 0.2) is 0 Å². The minimum absolute atomic E-state index is 0.0376. The molecule has 1 amide bonds. The molecule has 2 fully saturated rings. The predicted molar refractivity (Wildman–Crippen MR) is 250 cm³/mol. The quantitative estimate of drug-likeness (QED) is 0.0693. The zero-order valence-electron chi connectivity index (χ0n) is 35.8. The number of rotatable bonds is 15. The number of amides is 1. The van der Waals surface area contributed by atoms with E-state index in [0.29, 0.717) is 24.9 Å². The molecule has 0 radical (unpaired) electrons. The summed E-state index contributed by atoms with van der Waals surface area (Å²) in [7, 11) is 0. The summed E-state index contributed by atoms with van der Waals surface area (Å²) in [6.45, 7) is 9.56. The molecule has 2 aliphatic carbocycles. The number of H-pyrrole nitrogens is 2. The van der Waals surface area contributed by atoms with E-state index in [4.69, 9.17) is 27.2 Å². The van der Waals surface area contributed by atoms with Gasteiger partial charge in [-0.05, 0) is 127 Å². The number of carbonyl (C=O) groups is 1. The lowest BCUT2D eigenvalue weighted by molar-refractivity contribution is -0.137. The molecule has 3 heterocycles. The minimum Gasteiger partial charge on any atom is -0.341 e. The smallest absolute Gasteiger partial charge is 0.240 e. The molecule has 4 aromatic carbocycles.